The van der Waals surface area contributed by atoms with E-state index in [9.17, 15) is 23.7 Å². The first kappa shape index (κ1) is 15.3. The molecule has 9 heteroatoms. The van der Waals surface area contributed by atoms with Gasteiger partial charge in [0.2, 0.25) is 6.20 Å². The number of carbonyl (C=O) groups is 1. The van der Waals surface area contributed by atoms with Crippen LogP contribution in [0, 0.1) is 21.7 Å². The molecule has 0 radical (unpaired) electrons. The Morgan fingerprint density at radius 3 is 2.50 bits per heavy atom. The van der Waals surface area contributed by atoms with Gasteiger partial charge in [0.15, 0.2) is 17.4 Å². The maximum atomic E-state index is 13.2. The van der Waals surface area contributed by atoms with Gasteiger partial charge in [-0.1, -0.05) is 0 Å². The molecular formula is C13H9F2N3O4. The van der Waals surface area contributed by atoms with Gasteiger partial charge in [-0.25, -0.2) is 13.8 Å². The number of aliphatic imine (C=N–C) groups is 1. The number of aromatic hydroxyl groups is 1. The number of carbonyl (C=O) groups excluding carboxylic acids is 1. The second kappa shape index (κ2) is 5.72. The van der Waals surface area contributed by atoms with E-state index in [2.05, 4.69) is 4.99 Å². The molecule has 0 saturated carbocycles. The number of amides is 1. The number of rotatable bonds is 3. The second-order valence-electron chi connectivity index (χ2n) is 4.30. The van der Waals surface area contributed by atoms with Crippen LogP contribution in [0.1, 0.15) is 5.56 Å². The topological polar surface area (TPSA) is 96.0 Å². The zero-order valence-electron chi connectivity index (χ0n) is 11.2. The van der Waals surface area contributed by atoms with E-state index in [4.69, 9.17) is 5.11 Å². The molecule has 1 amide bonds. The molecule has 1 aliphatic rings. The summed E-state index contributed by atoms with van der Waals surface area (Å²) in [6, 6.07) is 1.66. The highest BCUT2D eigenvalue weighted by atomic mass is 19.1. The fourth-order valence-corrected chi connectivity index (χ4v) is 1.72. The summed E-state index contributed by atoms with van der Waals surface area (Å²) in [5.74, 6) is -4.04. The van der Waals surface area contributed by atoms with Gasteiger partial charge in [0, 0.05) is 7.05 Å². The number of benzene rings is 1. The third kappa shape index (κ3) is 2.97. The van der Waals surface area contributed by atoms with Crippen LogP contribution in [0.25, 0.3) is 6.08 Å². The van der Waals surface area contributed by atoms with Gasteiger partial charge in [-0.15, -0.1) is 0 Å². The minimum Gasteiger partial charge on any atom is -0.503 e. The number of nitro groups is 1. The molecule has 1 aromatic rings. The third-order valence-corrected chi connectivity index (χ3v) is 2.79. The number of hydrogen-bond donors (Lipinski definition) is 1. The standard InChI is InChI=1S/C13H9F2N3O4/c1-17-11(2-3-18(21)22)16-10(13(17)20)6-7-4-8(14)12(19)9(15)5-7/h2-6,19H,1H3/b3-2+,10-6-. The Hall–Kier alpha value is -3.10. The monoisotopic (exact) mass is 309 g/mol. The highest BCUT2D eigenvalue weighted by Gasteiger charge is 2.26. The Kier molecular flexibility index (Phi) is 3.97. The number of nitrogens with zero attached hydrogens (tertiary/aromatic N) is 3. The van der Waals surface area contributed by atoms with E-state index < -0.39 is 28.2 Å². The summed E-state index contributed by atoms with van der Waals surface area (Å²) in [5.41, 5.74) is -0.164. The summed E-state index contributed by atoms with van der Waals surface area (Å²) < 4.78 is 26.5. The van der Waals surface area contributed by atoms with Crippen molar-refractivity contribution in [3.8, 4) is 5.75 Å². The second-order valence-corrected chi connectivity index (χ2v) is 4.30. The van der Waals surface area contributed by atoms with Crippen LogP contribution in [0.3, 0.4) is 0 Å². The number of hydrogen-bond acceptors (Lipinski definition) is 5. The van der Waals surface area contributed by atoms with Gasteiger partial charge in [0.05, 0.1) is 11.0 Å². The molecule has 7 nitrogen and oxygen atoms in total. The average molecular weight is 309 g/mol. The fraction of sp³-hybridized carbons (Fsp3) is 0.0769. The number of likely N-dealkylation sites (N-methyl/N-ethyl adjacent to an activating group) is 1. The molecule has 0 spiro atoms. The molecule has 114 valence electrons. The Balaban J connectivity index is 2.39. The normalized spacial score (nSPS) is 16.7. The molecule has 0 aromatic heterocycles. The van der Waals surface area contributed by atoms with Gasteiger partial charge in [-0.3, -0.25) is 19.8 Å². The van der Waals surface area contributed by atoms with Gasteiger partial charge < -0.3 is 5.11 Å². The van der Waals surface area contributed by atoms with Crippen molar-refractivity contribution in [1.82, 2.24) is 4.90 Å². The Labute approximate surface area is 122 Å². The number of phenols is 1. The van der Waals surface area contributed by atoms with E-state index in [-0.39, 0.29) is 17.1 Å². The van der Waals surface area contributed by atoms with Gasteiger partial charge in [0.1, 0.15) is 11.5 Å². The Morgan fingerprint density at radius 1 is 1.36 bits per heavy atom. The van der Waals surface area contributed by atoms with E-state index in [1.807, 2.05) is 0 Å². The smallest absolute Gasteiger partial charge is 0.277 e. The minimum absolute atomic E-state index is 0.0206. The molecule has 0 fully saturated rings. The molecule has 1 aliphatic heterocycles. The summed E-state index contributed by atoms with van der Waals surface area (Å²) in [6.07, 6.45) is 2.75. The molecule has 2 rings (SSSR count). The van der Waals surface area contributed by atoms with Crippen molar-refractivity contribution < 1.29 is 23.6 Å². The van der Waals surface area contributed by atoms with Crippen LogP contribution in [0.2, 0.25) is 0 Å². The zero-order chi connectivity index (χ0) is 16.4. The summed E-state index contributed by atoms with van der Waals surface area (Å²) in [6.45, 7) is 0. The first-order valence-corrected chi connectivity index (χ1v) is 5.87. The molecule has 0 unspecified atom stereocenters. The molecule has 0 atom stereocenters. The van der Waals surface area contributed by atoms with Crippen molar-refractivity contribution in [2.45, 2.75) is 0 Å². The third-order valence-electron chi connectivity index (χ3n) is 2.79. The van der Waals surface area contributed by atoms with Crippen LogP contribution in [0.15, 0.2) is 35.1 Å². The SMILES string of the molecule is CN1C(=O)/C(=C/c2cc(F)c(O)c(F)c2)N=C1/C=C/[N+](=O)[O-]. The maximum Gasteiger partial charge on any atom is 0.277 e. The van der Waals surface area contributed by atoms with Crippen LogP contribution in [-0.2, 0) is 4.79 Å². The Bertz CT molecular complexity index is 733. The predicted octanol–water partition coefficient (Wildman–Crippen LogP) is 1.67. The lowest BCUT2D eigenvalue weighted by Gasteiger charge is -2.06. The number of phenolic OH excluding ortho intramolecular Hbond substituents is 1. The molecule has 1 N–H and O–H groups in total. The van der Waals surface area contributed by atoms with Crippen LogP contribution >= 0.6 is 0 Å². The maximum absolute atomic E-state index is 13.2. The summed E-state index contributed by atoms with van der Waals surface area (Å²) in [7, 11) is 1.35. The van der Waals surface area contributed by atoms with E-state index in [0.29, 0.717) is 6.20 Å². The lowest BCUT2D eigenvalue weighted by molar-refractivity contribution is -0.402. The largest absolute Gasteiger partial charge is 0.503 e. The van der Waals surface area contributed by atoms with E-state index in [1.54, 1.807) is 0 Å². The van der Waals surface area contributed by atoms with Crippen molar-refractivity contribution in [2.24, 2.45) is 4.99 Å². The Morgan fingerprint density at radius 2 is 1.95 bits per heavy atom. The first-order valence-electron chi connectivity index (χ1n) is 5.87. The minimum atomic E-state index is -1.18. The van der Waals surface area contributed by atoms with Crippen molar-refractivity contribution in [1.29, 1.82) is 0 Å². The van der Waals surface area contributed by atoms with Crippen LogP contribution in [0.5, 0.6) is 5.75 Å². The van der Waals surface area contributed by atoms with Crippen LogP contribution in [0.4, 0.5) is 8.78 Å². The van der Waals surface area contributed by atoms with Crippen LogP contribution in [-0.4, -0.2) is 33.7 Å². The number of halogens is 2. The van der Waals surface area contributed by atoms with Gasteiger partial charge in [-0.2, -0.15) is 0 Å². The summed E-state index contributed by atoms with van der Waals surface area (Å²) in [5, 5.41) is 19.3. The van der Waals surface area contributed by atoms with E-state index >= 15 is 0 Å². The quantitative estimate of drug-likeness (QED) is 0.522. The average Bonchev–Trinajstić information content (AvgIpc) is 2.70. The predicted molar refractivity (Wildman–Crippen MR) is 72.3 cm³/mol. The molecule has 0 aliphatic carbocycles. The summed E-state index contributed by atoms with van der Waals surface area (Å²) in [4.78, 5) is 26.4. The highest BCUT2D eigenvalue weighted by Crippen LogP contribution is 2.24. The first-order chi connectivity index (χ1) is 10.3. The van der Waals surface area contributed by atoms with E-state index in [1.165, 1.54) is 7.05 Å². The lowest BCUT2D eigenvalue weighted by atomic mass is 10.1. The summed E-state index contributed by atoms with van der Waals surface area (Å²) >= 11 is 0. The highest BCUT2D eigenvalue weighted by molar-refractivity contribution is 6.17. The zero-order valence-corrected chi connectivity index (χ0v) is 11.2. The van der Waals surface area contributed by atoms with E-state index in [0.717, 1.165) is 29.2 Å². The molecule has 22 heavy (non-hydrogen) atoms. The van der Waals surface area contributed by atoms with Gasteiger partial charge in [-0.05, 0) is 23.8 Å². The molecule has 0 bridgehead atoms. The van der Waals surface area contributed by atoms with Crippen molar-refractivity contribution in [2.75, 3.05) is 7.05 Å². The van der Waals surface area contributed by atoms with Gasteiger partial charge >= 0.3 is 0 Å². The molecule has 1 heterocycles. The van der Waals surface area contributed by atoms with Crippen LogP contribution < -0.4 is 0 Å². The van der Waals surface area contributed by atoms with Crippen molar-refractivity contribution in [3.63, 3.8) is 0 Å². The molecule has 0 saturated heterocycles. The van der Waals surface area contributed by atoms with Gasteiger partial charge in [0.25, 0.3) is 5.91 Å². The fourth-order valence-electron chi connectivity index (χ4n) is 1.72. The molecule has 1 aromatic carbocycles. The van der Waals surface area contributed by atoms with Crippen molar-refractivity contribution in [3.05, 3.63) is 57.4 Å². The number of amidine groups is 1. The lowest BCUT2D eigenvalue weighted by Crippen LogP contribution is -2.26. The van der Waals surface area contributed by atoms with Crippen molar-refractivity contribution >= 4 is 17.8 Å². The molecular weight excluding hydrogens is 300 g/mol.